The van der Waals surface area contributed by atoms with E-state index in [1.165, 1.54) is 17.0 Å². The average molecular weight is 265 g/mol. The van der Waals surface area contributed by atoms with Crippen LogP contribution in [-0.2, 0) is 4.79 Å². The van der Waals surface area contributed by atoms with Gasteiger partial charge in [-0.15, -0.1) is 0 Å². The highest BCUT2D eigenvalue weighted by Gasteiger charge is 2.22. The number of nitrogen functional groups attached to an aromatic ring is 1. The quantitative estimate of drug-likeness (QED) is 0.533. The van der Waals surface area contributed by atoms with Gasteiger partial charge in [0.15, 0.2) is 5.75 Å². The second-order valence-corrected chi connectivity index (χ2v) is 4.79. The van der Waals surface area contributed by atoms with E-state index in [1.807, 2.05) is 13.8 Å². The number of nitrogens with zero attached hydrogens (tertiary/aromatic N) is 1. The number of rotatable bonds is 5. The SMILES string of the molecule is CC(C)CN(CC(N)=O)C(=O)c1cccc(N)c1O. The largest absolute Gasteiger partial charge is 0.505 e. The molecule has 2 amide bonds. The molecular weight excluding hydrogens is 246 g/mol. The summed E-state index contributed by atoms with van der Waals surface area (Å²) in [6.45, 7) is 4.02. The molecule has 0 fully saturated rings. The summed E-state index contributed by atoms with van der Waals surface area (Å²) in [6, 6.07) is 4.52. The molecular formula is C13H19N3O3. The Morgan fingerprint density at radius 2 is 2.00 bits per heavy atom. The number of carbonyl (C=O) groups is 2. The van der Waals surface area contributed by atoms with E-state index in [9.17, 15) is 14.7 Å². The number of benzene rings is 1. The third-order valence-corrected chi connectivity index (χ3v) is 2.52. The molecule has 1 rings (SSSR count). The first-order valence-corrected chi connectivity index (χ1v) is 5.98. The molecule has 6 nitrogen and oxygen atoms in total. The summed E-state index contributed by atoms with van der Waals surface area (Å²) in [5.74, 6) is -1.16. The number of para-hydroxylation sites is 1. The van der Waals surface area contributed by atoms with Crippen LogP contribution in [0.1, 0.15) is 24.2 Å². The van der Waals surface area contributed by atoms with Crippen molar-refractivity contribution in [3.05, 3.63) is 23.8 Å². The lowest BCUT2D eigenvalue weighted by Gasteiger charge is -2.23. The fourth-order valence-corrected chi connectivity index (χ4v) is 1.75. The van der Waals surface area contributed by atoms with Gasteiger partial charge in [0.1, 0.15) is 0 Å². The van der Waals surface area contributed by atoms with E-state index in [-0.39, 0.29) is 29.5 Å². The summed E-state index contributed by atoms with van der Waals surface area (Å²) in [5.41, 5.74) is 10.9. The van der Waals surface area contributed by atoms with Gasteiger partial charge in [0, 0.05) is 6.54 Å². The summed E-state index contributed by atoms with van der Waals surface area (Å²) in [4.78, 5) is 24.6. The van der Waals surface area contributed by atoms with Crippen molar-refractivity contribution in [2.45, 2.75) is 13.8 Å². The highest BCUT2D eigenvalue weighted by Crippen LogP contribution is 2.25. The summed E-state index contributed by atoms with van der Waals surface area (Å²) in [5, 5.41) is 9.80. The second-order valence-electron chi connectivity index (χ2n) is 4.79. The molecule has 19 heavy (non-hydrogen) atoms. The van der Waals surface area contributed by atoms with Gasteiger partial charge in [-0.2, -0.15) is 0 Å². The van der Waals surface area contributed by atoms with Crippen LogP contribution >= 0.6 is 0 Å². The molecule has 0 saturated heterocycles. The van der Waals surface area contributed by atoms with Crippen molar-refractivity contribution >= 4 is 17.5 Å². The van der Waals surface area contributed by atoms with Gasteiger partial charge in [-0.3, -0.25) is 9.59 Å². The Labute approximate surface area is 112 Å². The van der Waals surface area contributed by atoms with Gasteiger partial charge in [0.25, 0.3) is 5.91 Å². The van der Waals surface area contributed by atoms with Gasteiger partial charge in [-0.25, -0.2) is 0 Å². The van der Waals surface area contributed by atoms with Gasteiger partial charge in [0.2, 0.25) is 5.91 Å². The van der Waals surface area contributed by atoms with Crippen LogP contribution in [0.4, 0.5) is 5.69 Å². The molecule has 0 atom stereocenters. The maximum Gasteiger partial charge on any atom is 0.258 e. The standard InChI is InChI=1S/C13H19N3O3/c1-8(2)6-16(7-11(15)17)13(19)9-4-3-5-10(14)12(9)18/h3-5,8,18H,6-7,14H2,1-2H3,(H2,15,17). The van der Waals surface area contributed by atoms with Crippen molar-refractivity contribution in [1.82, 2.24) is 4.90 Å². The van der Waals surface area contributed by atoms with Crippen LogP contribution in [0.3, 0.4) is 0 Å². The van der Waals surface area contributed by atoms with Crippen LogP contribution in [0.25, 0.3) is 0 Å². The number of phenols is 1. The molecule has 0 aliphatic heterocycles. The van der Waals surface area contributed by atoms with Crippen molar-refractivity contribution in [3.8, 4) is 5.75 Å². The Morgan fingerprint density at radius 3 is 2.53 bits per heavy atom. The van der Waals surface area contributed by atoms with E-state index in [0.29, 0.717) is 6.54 Å². The number of nitrogens with two attached hydrogens (primary N) is 2. The number of anilines is 1. The molecule has 0 heterocycles. The highest BCUT2D eigenvalue weighted by molar-refractivity contribution is 6.00. The summed E-state index contributed by atoms with van der Waals surface area (Å²) >= 11 is 0. The number of amides is 2. The van der Waals surface area contributed by atoms with Crippen LogP contribution in [0, 0.1) is 5.92 Å². The second kappa shape index (κ2) is 6.08. The van der Waals surface area contributed by atoms with Gasteiger partial charge < -0.3 is 21.5 Å². The maximum absolute atomic E-state index is 12.3. The number of aromatic hydroxyl groups is 1. The zero-order chi connectivity index (χ0) is 14.6. The van der Waals surface area contributed by atoms with E-state index >= 15 is 0 Å². The Bertz CT molecular complexity index is 486. The Kier molecular flexibility index (Phi) is 4.74. The number of phenolic OH excluding ortho intramolecular Hbond substituents is 1. The number of carbonyl (C=O) groups excluding carboxylic acids is 2. The molecule has 0 aliphatic rings. The normalized spacial score (nSPS) is 10.5. The van der Waals surface area contributed by atoms with Crippen LogP contribution in [0.15, 0.2) is 18.2 Å². The summed E-state index contributed by atoms with van der Waals surface area (Å²) < 4.78 is 0. The molecule has 5 N–H and O–H groups in total. The molecule has 0 aliphatic carbocycles. The zero-order valence-corrected chi connectivity index (χ0v) is 11.1. The molecule has 104 valence electrons. The lowest BCUT2D eigenvalue weighted by molar-refractivity contribution is -0.118. The smallest absolute Gasteiger partial charge is 0.258 e. The van der Waals surface area contributed by atoms with E-state index in [1.54, 1.807) is 6.07 Å². The van der Waals surface area contributed by atoms with Crippen molar-refractivity contribution < 1.29 is 14.7 Å². The number of hydrogen-bond acceptors (Lipinski definition) is 4. The van der Waals surface area contributed by atoms with Crippen molar-refractivity contribution in [2.24, 2.45) is 11.7 Å². The van der Waals surface area contributed by atoms with Gasteiger partial charge in [-0.05, 0) is 18.1 Å². The average Bonchev–Trinajstić information content (AvgIpc) is 2.30. The van der Waals surface area contributed by atoms with E-state index in [4.69, 9.17) is 11.5 Å². The fraction of sp³-hybridized carbons (Fsp3) is 0.385. The third kappa shape index (κ3) is 3.87. The molecule has 0 radical (unpaired) electrons. The van der Waals surface area contributed by atoms with Gasteiger partial charge in [0.05, 0.1) is 17.8 Å². The Balaban J connectivity index is 3.04. The van der Waals surface area contributed by atoms with Gasteiger partial charge >= 0.3 is 0 Å². The van der Waals surface area contributed by atoms with E-state index in [0.717, 1.165) is 0 Å². The number of primary amides is 1. The van der Waals surface area contributed by atoms with Crippen molar-refractivity contribution in [3.63, 3.8) is 0 Å². The molecule has 0 unspecified atom stereocenters. The van der Waals surface area contributed by atoms with Crippen LogP contribution < -0.4 is 11.5 Å². The lowest BCUT2D eigenvalue weighted by atomic mass is 10.1. The van der Waals surface area contributed by atoms with Crippen molar-refractivity contribution in [2.75, 3.05) is 18.8 Å². The predicted octanol–water partition coefficient (Wildman–Crippen LogP) is 0.558. The first kappa shape index (κ1) is 14.8. The van der Waals surface area contributed by atoms with E-state index < -0.39 is 11.8 Å². The Hall–Kier alpha value is -2.24. The molecule has 0 bridgehead atoms. The molecule has 0 saturated carbocycles. The molecule has 0 spiro atoms. The Morgan fingerprint density at radius 1 is 1.37 bits per heavy atom. The van der Waals surface area contributed by atoms with E-state index in [2.05, 4.69) is 0 Å². The van der Waals surface area contributed by atoms with Crippen LogP contribution in [-0.4, -0.2) is 34.9 Å². The van der Waals surface area contributed by atoms with Crippen molar-refractivity contribution in [1.29, 1.82) is 0 Å². The zero-order valence-electron chi connectivity index (χ0n) is 11.1. The minimum absolute atomic E-state index is 0.0712. The molecule has 1 aromatic carbocycles. The summed E-state index contributed by atoms with van der Waals surface area (Å²) in [6.07, 6.45) is 0. The van der Waals surface area contributed by atoms with Gasteiger partial charge in [-0.1, -0.05) is 19.9 Å². The lowest BCUT2D eigenvalue weighted by Crippen LogP contribution is -2.40. The fourth-order valence-electron chi connectivity index (χ4n) is 1.75. The predicted molar refractivity (Wildman–Crippen MR) is 72.5 cm³/mol. The topological polar surface area (TPSA) is 110 Å². The minimum Gasteiger partial charge on any atom is -0.505 e. The first-order valence-electron chi connectivity index (χ1n) is 5.98. The molecule has 1 aromatic rings. The highest BCUT2D eigenvalue weighted by atomic mass is 16.3. The third-order valence-electron chi connectivity index (χ3n) is 2.52. The summed E-state index contributed by atoms with van der Waals surface area (Å²) in [7, 11) is 0. The van der Waals surface area contributed by atoms with Crippen LogP contribution in [0.5, 0.6) is 5.75 Å². The minimum atomic E-state index is -0.600. The monoisotopic (exact) mass is 265 g/mol. The molecule has 6 heteroatoms. The first-order chi connectivity index (χ1) is 8.82. The maximum atomic E-state index is 12.3. The van der Waals surface area contributed by atoms with Crippen LogP contribution in [0.2, 0.25) is 0 Å². The molecule has 0 aromatic heterocycles. The number of hydrogen-bond donors (Lipinski definition) is 3.